The van der Waals surface area contributed by atoms with Crippen LogP contribution in [0.15, 0.2) is 24.3 Å². The quantitative estimate of drug-likeness (QED) is 0.751. The summed E-state index contributed by atoms with van der Waals surface area (Å²) in [5.74, 6) is 0.0951. The third kappa shape index (κ3) is 5.61. The zero-order chi connectivity index (χ0) is 20.3. The highest BCUT2D eigenvalue weighted by atomic mass is 16.6. The summed E-state index contributed by atoms with van der Waals surface area (Å²) in [4.78, 5) is 27.5. The Morgan fingerprint density at radius 3 is 2.39 bits per heavy atom. The number of rotatable bonds is 5. The van der Waals surface area contributed by atoms with E-state index in [0.29, 0.717) is 5.92 Å². The number of benzene rings is 1. The summed E-state index contributed by atoms with van der Waals surface area (Å²) in [5, 5.41) is 12.1. The van der Waals surface area contributed by atoms with Gasteiger partial charge in [0.2, 0.25) is 0 Å². The van der Waals surface area contributed by atoms with Crippen LogP contribution in [0.4, 0.5) is 4.79 Å². The number of piperidine rings is 3. The maximum Gasteiger partial charge on any atom is 0.408 e. The number of amides is 1. The van der Waals surface area contributed by atoms with E-state index in [-0.39, 0.29) is 18.3 Å². The van der Waals surface area contributed by atoms with Gasteiger partial charge in [-0.2, -0.15) is 0 Å². The Labute approximate surface area is 166 Å². The van der Waals surface area contributed by atoms with Crippen LogP contribution in [-0.2, 0) is 20.7 Å². The van der Waals surface area contributed by atoms with Crippen LogP contribution in [0.2, 0.25) is 0 Å². The van der Waals surface area contributed by atoms with E-state index in [4.69, 9.17) is 9.47 Å². The smallest absolute Gasteiger partial charge is 0.408 e. The molecule has 1 aromatic carbocycles. The van der Waals surface area contributed by atoms with Crippen LogP contribution < -0.4 is 5.32 Å². The largest absolute Gasteiger partial charge is 0.508 e. The Morgan fingerprint density at radius 1 is 1.21 bits per heavy atom. The fourth-order valence-electron chi connectivity index (χ4n) is 3.79. The van der Waals surface area contributed by atoms with Crippen LogP contribution in [0, 0.1) is 5.92 Å². The molecule has 1 unspecified atom stereocenters. The third-order valence-electron chi connectivity index (χ3n) is 5.22. The summed E-state index contributed by atoms with van der Waals surface area (Å²) in [7, 11) is 0. The standard InChI is InChI=1S/C21H30N2O5/c1-21(2,3)28-20(26)22-17(12-14-4-6-16(24)7-5-14)19(25)27-18-13-23-10-8-15(18)9-11-23/h4-7,15,17-18,24H,8-13H2,1-3H3,(H,22,26)/t17?,18-/m0/s1. The fraction of sp³-hybridized carbons (Fsp3) is 0.619. The minimum atomic E-state index is -0.852. The first-order valence-electron chi connectivity index (χ1n) is 9.90. The van der Waals surface area contributed by atoms with Crippen molar-refractivity contribution in [2.24, 2.45) is 5.92 Å². The van der Waals surface area contributed by atoms with E-state index < -0.39 is 23.7 Å². The molecule has 0 aromatic heterocycles. The molecule has 2 atom stereocenters. The van der Waals surface area contributed by atoms with Gasteiger partial charge in [0.05, 0.1) is 0 Å². The summed E-state index contributed by atoms with van der Waals surface area (Å²) < 4.78 is 11.1. The Balaban J connectivity index is 1.67. The first kappa shape index (κ1) is 20.5. The van der Waals surface area contributed by atoms with Crippen molar-refractivity contribution in [1.29, 1.82) is 0 Å². The van der Waals surface area contributed by atoms with Gasteiger partial charge in [-0.05, 0) is 70.3 Å². The predicted octanol–water partition coefficient (Wildman–Crippen LogP) is 2.47. The number of carbonyl (C=O) groups excluding carboxylic acids is 2. The summed E-state index contributed by atoms with van der Waals surface area (Å²) in [5.41, 5.74) is 0.150. The molecule has 1 aromatic rings. The van der Waals surface area contributed by atoms with E-state index in [2.05, 4.69) is 10.2 Å². The van der Waals surface area contributed by atoms with Crippen molar-refractivity contribution in [2.45, 2.75) is 57.8 Å². The predicted molar refractivity (Wildman–Crippen MR) is 104 cm³/mol. The van der Waals surface area contributed by atoms with E-state index in [9.17, 15) is 14.7 Å². The summed E-state index contributed by atoms with van der Waals surface area (Å²) >= 11 is 0. The van der Waals surface area contributed by atoms with E-state index >= 15 is 0 Å². The van der Waals surface area contributed by atoms with Crippen molar-refractivity contribution in [3.63, 3.8) is 0 Å². The van der Waals surface area contributed by atoms with Crippen molar-refractivity contribution in [3.05, 3.63) is 29.8 Å². The molecule has 7 heteroatoms. The molecule has 4 rings (SSSR count). The van der Waals surface area contributed by atoms with Gasteiger partial charge in [0, 0.05) is 13.0 Å². The number of phenolic OH excluding ortho intramolecular Hbond substituents is 1. The highest BCUT2D eigenvalue weighted by Crippen LogP contribution is 2.30. The average molecular weight is 390 g/mol. The molecule has 154 valence electrons. The average Bonchev–Trinajstić information content (AvgIpc) is 2.62. The molecule has 28 heavy (non-hydrogen) atoms. The van der Waals surface area contributed by atoms with Gasteiger partial charge in [0.25, 0.3) is 0 Å². The molecular weight excluding hydrogens is 360 g/mol. The van der Waals surface area contributed by atoms with Crippen molar-refractivity contribution < 1.29 is 24.2 Å². The molecule has 3 aliphatic rings. The second kappa shape index (κ2) is 8.39. The Morgan fingerprint density at radius 2 is 1.86 bits per heavy atom. The first-order chi connectivity index (χ1) is 13.2. The Hall–Kier alpha value is -2.28. The number of carbonyl (C=O) groups is 2. The molecule has 1 amide bonds. The van der Waals surface area contributed by atoms with Gasteiger partial charge in [-0.3, -0.25) is 4.90 Å². The molecular formula is C21H30N2O5. The number of hydrogen-bond donors (Lipinski definition) is 2. The van der Waals surface area contributed by atoms with Crippen LogP contribution in [0.5, 0.6) is 5.75 Å². The Kier molecular flexibility index (Phi) is 6.13. The molecule has 3 heterocycles. The maximum absolute atomic E-state index is 12.9. The number of esters is 1. The lowest BCUT2D eigenvalue weighted by atomic mass is 9.86. The fourth-order valence-corrected chi connectivity index (χ4v) is 3.79. The topological polar surface area (TPSA) is 88.1 Å². The molecule has 2 N–H and O–H groups in total. The number of nitrogens with zero attached hydrogens (tertiary/aromatic N) is 1. The second-order valence-corrected chi connectivity index (χ2v) is 8.68. The number of nitrogens with one attached hydrogen (secondary N) is 1. The number of ether oxygens (including phenoxy) is 2. The maximum atomic E-state index is 12.9. The van der Waals surface area contributed by atoms with Crippen molar-refractivity contribution in [3.8, 4) is 5.75 Å². The van der Waals surface area contributed by atoms with E-state index in [1.807, 2.05) is 0 Å². The van der Waals surface area contributed by atoms with Crippen molar-refractivity contribution in [1.82, 2.24) is 10.2 Å². The normalized spacial score (nSPS) is 25.0. The van der Waals surface area contributed by atoms with Crippen LogP contribution in [0.3, 0.4) is 0 Å². The monoisotopic (exact) mass is 390 g/mol. The minimum Gasteiger partial charge on any atom is -0.508 e. The number of alkyl carbamates (subject to hydrolysis) is 1. The van der Waals surface area contributed by atoms with E-state index in [1.165, 1.54) is 0 Å². The minimum absolute atomic E-state index is 0.127. The summed E-state index contributed by atoms with van der Waals surface area (Å²) in [6.07, 6.45) is 1.57. The zero-order valence-corrected chi connectivity index (χ0v) is 16.8. The highest BCUT2D eigenvalue weighted by molar-refractivity contribution is 5.82. The van der Waals surface area contributed by atoms with Gasteiger partial charge < -0.3 is 19.9 Å². The molecule has 7 nitrogen and oxygen atoms in total. The number of phenols is 1. The molecule has 3 fully saturated rings. The van der Waals surface area contributed by atoms with Crippen LogP contribution >= 0.6 is 0 Å². The lowest BCUT2D eigenvalue weighted by Gasteiger charge is -2.44. The van der Waals surface area contributed by atoms with Crippen LogP contribution in [0.25, 0.3) is 0 Å². The molecule has 3 aliphatic heterocycles. The molecule has 0 aliphatic carbocycles. The van der Waals surface area contributed by atoms with Gasteiger partial charge >= 0.3 is 12.1 Å². The lowest BCUT2D eigenvalue weighted by Crippen LogP contribution is -2.54. The highest BCUT2D eigenvalue weighted by Gasteiger charge is 2.38. The van der Waals surface area contributed by atoms with Crippen LogP contribution in [0.1, 0.15) is 39.2 Å². The third-order valence-corrected chi connectivity index (χ3v) is 5.22. The van der Waals surface area contributed by atoms with E-state index in [1.54, 1.807) is 45.0 Å². The molecule has 0 radical (unpaired) electrons. The molecule has 0 saturated carbocycles. The number of hydrogen-bond acceptors (Lipinski definition) is 6. The van der Waals surface area contributed by atoms with E-state index in [0.717, 1.165) is 38.0 Å². The number of aromatic hydroxyl groups is 1. The van der Waals surface area contributed by atoms with Gasteiger partial charge in [0.1, 0.15) is 23.5 Å². The van der Waals surface area contributed by atoms with Gasteiger partial charge in [-0.15, -0.1) is 0 Å². The van der Waals surface area contributed by atoms with Crippen LogP contribution in [-0.4, -0.2) is 59.5 Å². The van der Waals surface area contributed by atoms with Crippen molar-refractivity contribution >= 4 is 12.1 Å². The molecule has 3 saturated heterocycles. The number of fused-ring (bicyclic) bond motifs is 3. The van der Waals surface area contributed by atoms with Crippen molar-refractivity contribution in [2.75, 3.05) is 19.6 Å². The second-order valence-electron chi connectivity index (χ2n) is 8.68. The summed E-state index contributed by atoms with van der Waals surface area (Å²) in [6, 6.07) is 5.70. The van der Waals surface area contributed by atoms with Gasteiger partial charge in [-0.25, -0.2) is 9.59 Å². The zero-order valence-electron chi connectivity index (χ0n) is 16.8. The SMILES string of the molecule is CC(C)(C)OC(=O)NC(Cc1ccc(O)cc1)C(=O)O[C@H]1CN2CCC1CC2. The Bertz CT molecular complexity index is 690. The summed E-state index contributed by atoms with van der Waals surface area (Å²) in [6.45, 7) is 8.19. The molecule has 0 spiro atoms. The van der Waals surface area contributed by atoms with Gasteiger partial charge in [0.15, 0.2) is 0 Å². The first-order valence-corrected chi connectivity index (χ1v) is 9.90. The molecule has 2 bridgehead atoms. The van der Waals surface area contributed by atoms with Gasteiger partial charge in [-0.1, -0.05) is 12.1 Å². The lowest BCUT2D eigenvalue weighted by molar-refractivity contribution is -0.161.